The van der Waals surface area contributed by atoms with Gasteiger partial charge in [-0.05, 0) is 35.7 Å². The van der Waals surface area contributed by atoms with Gasteiger partial charge in [0.2, 0.25) is 11.8 Å². The molecule has 0 N–H and O–H groups in total. The minimum Gasteiger partial charge on any atom is -0.464 e. The minimum atomic E-state index is -4.66. The van der Waals surface area contributed by atoms with Crippen LogP contribution in [-0.4, -0.2) is 33.5 Å². The summed E-state index contributed by atoms with van der Waals surface area (Å²) < 4.78 is 48.6. The van der Waals surface area contributed by atoms with E-state index in [2.05, 4.69) is 30.9 Å². The highest BCUT2D eigenvalue weighted by Crippen LogP contribution is 2.37. The molecule has 1 aliphatic heterocycles. The van der Waals surface area contributed by atoms with E-state index in [1.165, 1.54) is 6.92 Å². The lowest BCUT2D eigenvalue weighted by molar-refractivity contribution is -0.142. The summed E-state index contributed by atoms with van der Waals surface area (Å²) in [5, 5.41) is 0. The van der Waals surface area contributed by atoms with E-state index < -0.39 is 34.0 Å². The molecule has 1 aromatic rings. The topological polar surface area (TPSA) is 73.7 Å². The lowest BCUT2D eigenvalue weighted by atomic mass is 9.90. The van der Waals surface area contributed by atoms with Gasteiger partial charge in [0.1, 0.15) is 10.8 Å². The minimum absolute atomic E-state index is 0.00438. The van der Waals surface area contributed by atoms with Gasteiger partial charge in [-0.25, -0.2) is 19.8 Å². The number of hydrogen-bond donors (Lipinski definition) is 0. The second-order valence-corrected chi connectivity index (χ2v) is 6.53. The summed E-state index contributed by atoms with van der Waals surface area (Å²) in [7, 11) is 0. The zero-order valence-corrected chi connectivity index (χ0v) is 14.9. The average Bonchev–Trinajstić information content (AvgIpc) is 2.77. The molecule has 2 heterocycles. The second-order valence-electron chi connectivity index (χ2n) is 5.74. The van der Waals surface area contributed by atoms with Gasteiger partial charge in [-0.15, -0.1) is 0 Å². The first kappa shape index (κ1) is 18.6. The van der Waals surface area contributed by atoms with E-state index in [0.29, 0.717) is 0 Å². The van der Waals surface area contributed by atoms with Crippen molar-refractivity contribution in [2.45, 2.75) is 45.5 Å². The number of hydrogen-bond acceptors (Lipinski definition) is 6. The molecule has 0 aliphatic carbocycles. The number of carbonyl (C=O) groups is 1. The van der Waals surface area contributed by atoms with Crippen LogP contribution in [0.15, 0.2) is 15.8 Å². The molecule has 1 aromatic heterocycles. The van der Waals surface area contributed by atoms with Gasteiger partial charge < -0.3 is 9.47 Å². The summed E-state index contributed by atoms with van der Waals surface area (Å²) in [6, 6.07) is 0. The van der Waals surface area contributed by atoms with Gasteiger partial charge in [0.15, 0.2) is 17.3 Å². The molecule has 0 radical (unpaired) electrons. The van der Waals surface area contributed by atoms with Crippen molar-refractivity contribution in [3.8, 4) is 5.88 Å². The summed E-state index contributed by atoms with van der Waals surface area (Å²) in [6.07, 6.45) is -4.81. The van der Waals surface area contributed by atoms with E-state index in [4.69, 9.17) is 9.47 Å². The number of aromatic nitrogens is 2. The fourth-order valence-corrected chi connectivity index (χ4v) is 2.41. The quantitative estimate of drug-likeness (QED) is 0.712. The molecule has 10 heteroatoms. The third-order valence-electron chi connectivity index (χ3n) is 3.74. The normalized spacial score (nSPS) is 22.4. The molecule has 0 bridgehead atoms. The first-order valence-electron chi connectivity index (χ1n) is 7.03. The van der Waals surface area contributed by atoms with Gasteiger partial charge in [0.05, 0.1) is 0 Å². The molecule has 0 amide bonds. The van der Waals surface area contributed by atoms with Crippen molar-refractivity contribution in [3.05, 3.63) is 16.5 Å². The van der Waals surface area contributed by atoms with Crippen LogP contribution in [0.25, 0.3) is 0 Å². The van der Waals surface area contributed by atoms with Gasteiger partial charge in [-0.3, -0.25) is 0 Å². The van der Waals surface area contributed by atoms with E-state index in [-0.39, 0.29) is 17.7 Å². The van der Waals surface area contributed by atoms with E-state index in [0.717, 1.165) is 6.33 Å². The summed E-state index contributed by atoms with van der Waals surface area (Å²) in [5.74, 6) is -0.963. The molecule has 0 fully saturated rings. The Morgan fingerprint density at radius 3 is 2.42 bits per heavy atom. The molecule has 0 saturated carbocycles. The number of nitrogens with zero attached hydrogens (tertiary/aromatic N) is 3. The zero-order valence-electron chi connectivity index (χ0n) is 13.3. The van der Waals surface area contributed by atoms with Gasteiger partial charge >= 0.3 is 12.1 Å². The Labute approximate surface area is 144 Å². The number of rotatable bonds is 4. The van der Waals surface area contributed by atoms with E-state index in [9.17, 15) is 18.0 Å². The van der Waals surface area contributed by atoms with E-state index in [1.807, 2.05) is 13.8 Å². The largest absolute Gasteiger partial charge is 0.464 e. The van der Waals surface area contributed by atoms with Crippen molar-refractivity contribution in [2.75, 3.05) is 0 Å². The van der Waals surface area contributed by atoms with Crippen LogP contribution in [0.2, 0.25) is 0 Å². The second kappa shape index (κ2) is 6.30. The van der Waals surface area contributed by atoms with Crippen molar-refractivity contribution in [2.24, 2.45) is 10.9 Å². The molecule has 24 heavy (non-hydrogen) atoms. The Morgan fingerprint density at radius 2 is 1.92 bits per heavy atom. The highest BCUT2D eigenvalue weighted by atomic mass is 79.9. The van der Waals surface area contributed by atoms with E-state index >= 15 is 0 Å². The third kappa shape index (κ3) is 3.38. The van der Waals surface area contributed by atoms with Crippen molar-refractivity contribution in [3.63, 3.8) is 0 Å². The maximum absolute atomic E-state index is 12.8. The number of aliphatic imine (C=N–C) groups is 1. The highest BCUT2D eigenvalue weighted by Gasteiger charge is 2.46. The van der Waals surface area contributed by atoms with Gasteiger partial charge in [0, 0.05) is 0 Å². The van der Waals surface area contributed by atoms with Crippen molar-refractivity contribution < 1.29 is 27.4 Å². The van der Waals surface area contributed by atoms with Gasteiger partial charge in [0.25, 0.3) is 0 Å². The predicted molar refractivity (Wildman–Crippen MR) is 81.6 cm³/mol. The molecule has 2 rings (SSSR count). The van der Waals surface area contributed by atoms with Crippen LogP contribution in [0.5, 0.6) is 5.88 Å². The number of alkyl halides is 3. The Bertz CT molecular complexity index is 694. The van der Waals surface area contributed by atoms with Gasteiger partial charge in [-0.1, -0.05) is 13.8 Å². The smallest absolute Gasteiger partial charge is 0.434 e. The van der Waals surface area contributed by atoms with Crippen LogP contribution in [0.3, 0.4) is 0 Å². The fourth-order valence-electron chi connectivity index (χ4n) is 1.89. The fraction of sp³-hybridized carbons (Fsp3) is 0.571. The van der Waals surface area contributed by atoms with Crippen molar-refractivity contribution >= 4 is 27.8 Å². The van der Waals surface area contributed by atoms with Crippen LogP contribution in [-0.2, 0) is 15.7 Å². The highest BCUT2D eigenvalue weighted by molar-refractivity contribution is 9.10. The van der Waals surface area contributed by atoms with E-state index in [1.54, 1.807) is 6.92 Å². The Balaban J connectivity index is 2.26. The summed E-state index contributed by atoms with van der Waals surface area (Å²) in [5.41, 5.74) is -2.20. The number of esters is 1. The van der Waals surface area contributed by atoms with Crippen molar-refractivity contribution in [1.82, 2.24) is 9.97 Å². The van der Waals surface area contributed by atoms with Gasteiger partial charge in [-0.2, -0.15) is 13.2 Å². The monoisotopic (exact) mass is 409 g/mol. The van der Waals surface area contributed by atoms with Crippen LogP contribution < -0.4 is 4.74 Å². The standard InChI is InChI=1S/C14H15BrF3N3O3/c1-6(2)13(4)12(22)24-10(21-13)7(3)23-11-8(15)9(14(16,17)18)19-5-20-11/h5-7H,1-4H3. The first-order valence-corrected chi connectivity index (χ1v) is 7.82. The maximum Gasteiger partial charge on any atom is 0.434 e. The molecule has 1 aliphatic rings. The number of halogens is 4. The number of cyclic esters (lactones) is 1. The molecular formula is C14H15BrF3N3O3. The zero-order chi connectivity index (χ0) is 18.3. The van der Waals surface area contributed by atoms with Crippen LogP contribution in [0.4, 0.5) is 13.2 Å². The average molecular weight is 410 g/mol. The molecule has 0 saturated heterocycles. The molecule has 0 spiro atoms. The summed E-state index contributed by atoms with van der Waals surface area (Å²) in [6.45, 7) is 6.76. The Kier molecular flexibility index (Phi) is 4.89. The first-order chi connectivity index (χ1) is 11.0. The molecule has 6 nitrogen and oxygen atoms in total. The molecule has 0 aromatic carbocycles. The summed E-state index contributed by atoms with van der Waals surface area (Å²) >= 11 is 2.79. The summed E-state index contributed by atoms with van der Waals surface area (Å²) in [4.78, 5) is 23.1. The molecule has 2 unspecified atom stereocenters. The third-order valence-corrected chi connectivity index (χ3v) is 4.45. The van der Waals surface area contributed by atoms with Crippen LogP contribution >= 0.6 is 15.9 Å². The lowest BCUT2D eigenvalue weighted by Crippen LogP contribution is -2.35. The molecule has 132 valence electrons. The molecule has 2 atom stereocenters. The predicted octanol–water partition coefficient (Wildman–Crippen LogP) is 3.40. The van der Waals surface area contributed by atoms with Crippen LogP contribution in [0.1, 0.15) is 33.4 Å². The number of carbonyl (C=O) groups excluding carboxylic acids is 1. The lowest BCUT2D eigenvalue weighted by Gasteiger charge is -2.19. The van der Waals surface area contributed by atoms with Crippen molar-refractivity contribution in [1.29, 1.82) is 0 Å². The number of ether oxygens (including phenoxy) is 2. The van der Waals surface area contributed by atoms with Crippen LogP contribution in [0, 0.1) is 5.92 Å². The molecular weight excluding hydrogens is 395 g/mol. The Morgan fingerprint density at radius 1 is 1.29 bits per heavy atom. The Hall–Kier alpha value is -1.71. The maximum atomic E-state index is 12.8. The SMILES string of the molecule is CC(Oc1ncnc(C(F)(F)F)c1Br)C1=NC(C)(C(C)C)C(=O)O1.